The maximum Gasteiger partial charge on any atom is 0.415 e. The van der Waals surface area contributed by atoms with Crippen molar-refractivity contribution in [3.05, 3.63) is 83.4 Å². The molecule has 0 aromatic heterocycles. The van der Waals surface area contributed by atoms with Gasteiger partial charge < -0.3 is 0 Å². The number of nitrogens with zero attached hydrogens (tertiary/aromatic N) is 1. The summed E-state index contributed by atoms with van der Waals surface area (Å²) in [7, 11) is 0. The van der Waals surface area contributed by atoms with Crippen molar-refractivity contribution in [2.24, 2.45) is 5.84 Å². The minimum atomic E-state index is -4.51. The highest BCUT2D eigenvalue weighted by Gasteiger charge is 2.31. The quantitative estimate of drug-likeness (QED) is 0.477. The Morgan fingerprint density at radius 3 is 1.88 bits per heavy atom. The van der Waals surface area contributed by atoms with Gasteiger partial charge in [0.05, 0.1) is 17.0 Å². The molecule has 0 fully saturated rings. The van der Waals surface area contributed by atoms with E-state index in [2.05, 4.69) is 6.58 Å². The second-order valence-electron chi connectivity index (χ2n) is 5.62. The Labute approximate surface area is 139 Å². The van der Waals surface area contributed by atoms with Crippen LogP contribution >= 0.6 is 0 Å². The molecular weight excluding hydrogens is 313 g/mol. The van der Waals surface area contributed by atoms with E-state index in [1.165, 1.54) is 5.01 Å². The van der Waals surface area contributed by atoms with Crippen LogP contribution in [0.25, 0.3) is 5.70 Å². The van der Waals surface area contributed by atoms with E-state index < -0.39 is 11.7 Å². The number of rotatable bonds is 4. The Morgan fingerprint density at radius 2 is 1.42 bits per heavy atom. The monoisotopic (exact) mass is 332 g/mol. The van der Waals surface area contributed by atoms with E-state index in [0.717, 1.165) is 17.2 Å². The van der Waals surface area contributed by atoms with Crippen molar-refractivity contribution in [2.45, 2.75) is 20.0 Å². The fraction of sp³-hybridized carbons (Fsp3) is 0.158. The predicted molar refractivity (Wildman–Crippen MR) is 92.2 cm³/mol. The zero-order valence-corrected chi connectivity index (χ0v) is 13.6. The molecule has 2 nitrogen and oxygen atoms in total. The van der Waals surface area contributed by atoms with E-state index in [4.69, 9.17) is 5.84 Å². The van der Waals surface area contributed by atoms with Crippen molar-refractivity contribution < 1.29 is 13.2 Å². The molecule has 24 heavy (non-hydrogen) atoms. The Bertz CT molecular complexity index is 742. The molecule has 0 saturated heterocycles. The van der Waals surface area contributed by atoms with E-state index in [9.17, 15) is 13.2 Å². The number of halogens is 3. The topological polar surface area (TPSA) is 29.3 Å². The first-order valence-electron chi connectivity index (χ1n) is 7.35. The Kier molecular flexibility index (Phi) is 5.14. The van der Waals surface area contributed by atoms with Gasteiger partial charge in [0.1, 0.15) is 0 Å². The lowest BCUT2D eigenvalue weighted by Crippen LogP contribution is -2.29. The van der Waals surface area contributed by atoms with Crippen molar-refractivity contribution >= 4 is 11.4 Å². The number of alkyl halides is 3. The van der Waals surface area contributed by atoms with Gasteiger partial charge in [-0.15, -0.1) is 0 Å². The molecule has 2 aromatic rings. The maximum atomic E-state index is 12.9. The molecule has 2 aromatic carbocycles. The number of allylic oxidation sites excluding steroid dienone is 2. The summed E-state index contributed by atoms with van der Waals surface area (Å²) in [5.41, 5.74) is 2.47. The predicted octanol–water partition coefficient (Wildman–Crippen LogP) is 5.14. The van der Waals surface area contributed by atoms with Gasteiger partial charge in [0.2, 0.25) is 0 Å². The van der Waals surface area contributed by atoms with Crippen LogP contribution in [0.15, 0.2) is 66.8 Å². The fourth-order valence-corrected chi connectivity index (χ4v) is 2.11. The second kappa shape index (κ2) is 6.93. The first kappa shape index (κ1) is 17.8. The summed E-state index contributed by atoms with van der Waals surface area (Å²) >= 11 is 0. The van der Waals surface area contributed by atoms with E-state index in [-0.39, 0.29) is 5.70 Å². The molecule has 2 N–H and O–H groups in total. The lowest BCUT2D eigenvalue weighted by Gasteiger charge is -2.23. The Hall–Kier alpha value is -2.53. The van der Waals surface area contributed by atoms with Crippen LogP contribution in [0, 0.1) is 13.8 Å². The molecule has 0 bridgehead atoms. The van der Waals surface area contributed by atoms with E-state index >= 15 is 0 Å². The largest absolute Gasteiger partial charge is 0.415 e. The molecule has 0 aliphatic carbocycles. The van der Waals surface area contributed by atoms with Crippen molar-refractivity contribution in [2.75, 3.05) is 5.01 Å². The zero-order valence-electron chi connectivity index (χ0n) is 13.6. The highest BCUT2D eigenvalue weighted by molar-refractivity contribution is 5.80. The van der Waals surface area contributed by atoms with Crippen LogP contribution in [-0.2, 0) is 0 Å². The maximum absolute atomic E-state index is 12.9. The number of nitrogens with two attached hydrogens (primary N) is 1. The molecule has 2 rings (SSSR count). The third kappa shape index (κ3) is 4.26. The van der Waals surface area contributed by atoms with Crippen LogP contribution in [-0.4, -0.2) is 6.18 Å². The molecule has 0 spiro atoms. The summed E-state index contributed by atoms with van der Waals surface area (Å²) < 4.78 is 38.7. The van der Waals surface area contributed by atoms with Gasteiger partial charge in [-0.1, -0.05) is 54.1 Å². The molecule has 0 atom stereocenters. The van der Waals surface area contributed by atoms with Crippen molar-refractivity contribution in [3.63, 3.8) is 0 Å². The summed E-state index contributed by atoms with van der Waals surface area (Å²) in [5.74, 6) is 6.11. The summed E-state index contributed by atoms with van der Waals surface area (Å²) in [6.07, 6.45) is -3.55. The molecule has 0 amide bonds. The number of hydrazine groups is 1. The van der Waals surface area contributed by atoms with Gasteiger partial charge in [0.25, 0.3) is 0 Å². The van der Waals surface area contributed by atoms with E-state index in [0.29, 0.717) is 11.3 Å². The fourth-order valence-electron chi connectivity index (χ4n) is 2.11. The SMILES string of the molecule is C=C(/C=C(/c1ccc(C)cc1)N(N)c1ccc(C)cc1)C(F)(F)F. The van der Waals surface area contributed by atoms with Gasteiger partial charge in [-0.2, -0.15) is 13.2 Å². The standard InChI is InChI=1S/C19H19F3N2/c1-13-4-8-16(9-5-13)18(12-15(3)19(20,21)22)24(23)17-10-6-14(2)7-11-17/h4-12H,3,23H2,1-2H3/b18-12-. The average molecular weight is 332 g/mol. The molecule has 0 saturated carbocycles. The Morgan fingerprint density at radius 1 is 0.958 bits per heavy atom. The third-order valence-corrected chi connectivity index (χ3v) is 3.59. The molecular formula is C19H19F3N2. The summed E-state index contributed by atoms with van der Waals surface area (Å²) in [5, 5.41) is 1.24. The number of benzene rings is 2. The van der Waals surface area contributed by atoms with Gasteiger partial charge in [0.15, 0.2) is 0 Å². The van der Waals surface area contributed by atoms with Crippen LogP contribution in [0.2, 0.25) is 0 Å². The highest BCUT2D eigenvalue weighted by atomic mass is 19.4. The number of anilines is 1. The third-order valence-electron chi connectivity index (χ3n) is 3.59. The van der Waals surface area contributed by atoms with E-state index in [1.54, 1.807) is 24.3 Å². The number of hydrogen-bond acceptors (Lipinski definition) is 2. The van der Waals surface area contributed by atoms with Crippen LogP contribution in [0.5, 0.6) is 0 Å². The summed E-state index contributed by atoms with van der Waals surface area (Å²) in [6.45, 7) is 6.94. The van der Waals surface area contributed by atoms with Crippen LogP contribution in [0.3, 0.4) is 0 Å². The first-order valence-corrected chi connectivity index (χ1v) is 7.35. The second-order valence-corrected chi connectivity index (χ2v) is 5.62. The zero-order chi connectivity index (χ0) is 17.9. The minimum absolute atomic E-state index is 0.223. The number of aryl methyl sites for hydroxylation is 2. The van der Waals surface area contributed by atoms with Gasteiger partial charge in [-0.25, -0.2) is 5.84 Å². The summed E-state index contributed by atoms with van der Waals surface area (Å²) in [4.78, 5) is 0. The Balaban J connectivity index is 2.49. The molecule has 0 radical (unpaired) electrons. The minimum Gasteiger partial charge on any atom is -0.279 e. The van der Waals surface area contributed by atoms with Gasteiger partial charge >= 0.3 is 6.18 Å². The van der Waals surface area contributed by atoms with E-state index in [1.807, 2.05) is 38.1 Å². The molecule has 126 valence electrons. The normalized spacial score (nSPS) is 12.2. The molecule has 0 aliphatic heterocycles. The number of hydrogen-bond donors (Lipinski definition) is 1. The van der Waals surface area contributed by atoms with Crippen molar-refractivity contribution in [1.82, 2.24) is 0 Å². The molecule has 5 heteroatoms. The molecule has 0 aliphatic rings. The van der Waals surface area contributed by atoms with Crippen LogP contribution in [0.4, 0.5) is 18.9 Å². The smallest absolute Gasteiger partial charge is 0.279 e. The van der Waals surface area contributed by atoms with Crippen molar-refractivity contribution in [3.8, 4) is 0 Å². The first-order chi connectivity index (χ1) is 11.2. The lowest BCUT2D eigenvalue weighted by molar-refractivity contribution is -0.0877. The molecule has 0 heterocycles. The van der Waals surface area contributed by atoms with Crippen LogP contribution in [0.1, 0.15) is 16.7 Å². The van der Waals surface area contributed by atoms with Gasteiger partial charge in [-0.05, 0) is 37.6 Å². The van der Waals surface area contributed by atoms with Gasteiger partial charge in [0, 0.05) is 0 Å². The van der Waals surface area contributed by atoms with Crippen LogP contribution < -0.4 is 10.9 Å². The van der Waals surface area contributed by atoms with Gasteiger partial charge in [-0.3, -0.25) is 5.01 Å². The highest BCUT2D eigenvalue weighted by Crippen LogP contribution is 2.30. The lowest BCUT2D eigenvalue weighted by atomic mass is 10.1. The average Bonchev–Trinajstić information content (AvgIpc) is 2.52. The molecule has 0 unspecified atom stereocenters. The van der Waals surface area contributed by atoms with Crippen molar-refractivity contribution in [1.29, 1.82) is 0 Å². The summed E-state index contributed by atoms with van der Waals surface area (Å²) in [6, 6.07) is 14.3.